The molecule has 1 amide bonds. The van der Waals surface area contributed by atoms with Gasteiger partial charge in [-0.15, -0.1) is 0 Å². The number of amides is 1. The highest BCUT2D eigenvalue weighted by molar-refractivity contribution is 9.10. The molecule has 0 aliphatic carbocycles. The lowest BCUT2D eigenvalue weighted by Crippen LogP contribution is -2.42. The number of aliphatic hydroxyl groups excluding tert-OH is 3. The van der Waals surface area contributed by atoms with Gasteiger partial charge in [0.15, 0.2) is 5.96 Å². The van der Waals surface area contributed by atoms with Crippen LogP contribution in [-0.4, -0.2) is 87.7 Å². The first-order valence-electron chi connectivity index (χ1n) is 16.9. The number of aliphatic hydroxyl groups is 3. The Morgan fingerprint density at radius 3 is 2.43 bits per heavy atom. The quantitative estimate of drug-likeness (QED) is 0.124. The number of phenols is 1. The summed E-state index contributed by atoms with van der Waals surface area (Å²) in [6.45, 7) is 6.43. The summed E-state index contributed by atoms with van der Waals surface area (Å²) in [5.41, 5.74) is 2.06. The molecule has 0 fully saturated rings. The molecule has 0 saturated heterocycles. The van der Waals surface area contributed by atoms with E-state index in [-0.39, 0.29) is 41.1 Å². The Bertz CT molecular complexity index is 2090. The molecule has 5 rings (SSSR count). The van der Waals surface area contributed by atoms with Crippen LogP contribution in [0.4, 0.5) is 11.4 Å². The number of phenolic OH excluding ortho intramolecular Hbond substituents is 1. The second kappa shape index (κ2) is 16.6. The molecule has 14 nitrogen and oxygen atoms in total. The maximum atomic E-state index is 13.6. The second-order valence-electron chi connectivity index (χ2n) is 14.1. The molecule has 2 heterocycles. The number of carbonyl (C=O) groups excluding carboxylic acids is 1. The molecule has 53 heavy (non-hydrogen) atoms. The number of carboxylic acids is 1. The van der Waals surface area contributed by atoms with E-state index in [9.17, 15) is 43.5 Å². The molecule has 5 atom stereocenters. The second-order valence-corrected chi connectivity index (χ2v) is 15.9. The van der Waals surface area contributed by atoms with Crippen LogP contribution in [0.25, 0.3) is 0 Å². The molecule has 16 heteroatoms. The molecule has 0 aromatic heterocycles. The number of aliphatic imine (C=N–C) groups is 2. The fraction of sp³-hybridized carbons (Fsp3) is 0.378. The summed E-state index contributed by atoms with van der Waals surface area (Å²) < 4.78 is 25.2. The monoisotopic (exact) mass is 811 g/mol. The maximum Gasteiger partial charge on any atom is 0.309 e. The van der Waals surface area contributed by atoms with E-state index in [4.69, 9.17) is 0 Å². The van der Waals surface area contributed by atoms with E-state index >= 15 is 0 Å². The van der Waals surface area contributed by atoms with Crippen molar-refractivity contribution in [2.24, 2.45) is 15.9 Å². The molecule has 0 saturated carbocycles. The largest absolute Gasteiger partial charge is 0.508 e. The standard InChI is InChI=1S/C37H42BrN5O9S/c1-37(2,3)21-10-20(11-22(38)14-21)32(27(35(49)50)16-30(47)33-34(53(51)52)26-6-4-5-7-28(26)42-33)43-31(48)9-8-29(46)19-12-23(15-24(44)13-19)41-36-39-17-25(45)18-40-36/h4-7,10-15,25,27,29-30,32,44-47H,8-9,16-18H2,1-3H3,(H,43,48)(H,49,50)(H2,39,40,41)/t27-,29?,30?,32?/m0/s1. The van der Waals surface area contributed by atoms with Crippen LogP contribution >= 0.6 is 15.9 Å². The molecule has 2 aliphatic heterocycles. The average Bonchev–Trinajstić information content (AvgIpc) is 3.49. The minimum absolute atomic E-state index is 0.0956. The van der Waals surface area contributed by atoms with Gasteiger partial charge in [-0.2, -0.15) is 8.42 Å². The third-order valence-electron chi connectivity index (χ3n) is 8.96. The number of fused-ring (bicyclic) bond motifs is 1. The van der Waals surface area contributed by atoms with Gasteiger partial charge in [0.1, 0.15) is 10.6 Å². The van der Waals surface area contributed by atoms with Gasteiger partial charge in [0, 0.05) is 34.8 Å². The van der Waals surface area contributed by atoms with Crippen LogP contribution in [0, 0.1) is 5.92 Å². The Morgan fingerprint density at radius 2 is 1.77 bits per heavy atom. The number of rotatable bonds is 12. The number of anilines is 1. The summed E-state index contributed by atoms with van der Waals surface area (Å²) in [7, 11) is -2.79. The fourth-order valence-corrected chi connectivity index (χ4v) is 7.40. The van der Waals surface area contributed by atoms with Gasteiger partial charge in [-0.25, -0.2) is 4.99 Å². The van der Waals surface area contributed by atoms with Crippen LogP contribution in [0.1, 0.15) is 74.4 Å². The Hall–Kier alpha value is -4.61. The first-order chi connectivity index (χ1) is 25.0. The molecular weight excluding hydrogens is 770 g/mol. The fourth-order valence-electron chi connectivity index (χ4n) is 6.19. The molecule has 0 spiro atoms. The summed E-state index contributed by atoms with van der Waals surface area (Å²) in [5, 5.41) is 61.8. The van der Waals surface area contributed by atoms with Crippen LogP contribution in [-0.2, 0) is 25.3 Å². The molecule has 2 aliphatic rings. The number of β-amino-alcohol motifs (C(OH)–C–C–N with tert-alkyl or cyclic N) is 1. The van der Waals surface area contributed by atoms with Gasteiger partial charge in [0.05, 0.1) is 48.2 Å². The third-order valence-corrected chi connectivity index (χ3v) is 10.2. The molecule has 0 radical (unpaired) electrons. The number of aliphatic carboxylic acids is 1. The molecular formula is C37H42BrN5O9S. The summed E-state index contributed by atoms with van der Waals surface area (Å²) in [6, 6.07) is 15.0. The summed E-state index contributed by atoms with van der Waals surface area (Å²) in [4.78, 5) is 34.9. The Morgan fingerprint density at radius 1 is 1.04 bits per heavy atom. The van der Waals surface area contributed by atoms with Crippen LogP contribution in [0.2, 0.25) is 0 Å². The van der Waals surface area contributed by atoms with Gasteiger partial charge in [-0.05, 0) is 65.3 Å². The van der Waals surface area contributed by atoms with E-state index in [1.54, 1.807) is 42.5 Å². The first kappa shape index (κ1) is 39.6. The smallest absolute Gasteiger partial charge is 0.309 e. The highest BCUT2D eigenvalue weighted by Gasteiger charge is 2.38. The van der Waals surface area contributed by atoms with Crippen molar-refractivity contribution in [1.82, 2.24) is 10.6 Å². The number of aromatic hydroxyl groups is 1. The molecule has 3 aromatic carbocycles. The molecule has 3 aromatic rings. The predicted molar refractivity (Wildman–Crippen MR) is 204 cm³/mol. The highest BCUT2D eigenvalue weighted by Crippen LogP contribution is 2.35. The van der Waals surface area contributed by atoms with Crippen molar-refractivity contribution in [3.63, 3.8) is 0 Å². The topological polar surface area (TPSA) is 230 Å². The van der Waals surface area contributed by atoms with Gasteiger partial charge in [0.2, 0.25) is 16.2 Å². The number of hydrogen-bond donors (Lipinski definition) is 8. The molecule has 8 N–H and O–H groups in total. The van der Waals surface area contributed by atoms with Crippen molar-refractivity contribution in [3.05, 3.63) is 87.4 Å². The van der Waals surface area contributed by atoms with E-state index in [2.05, 4.69) is 41.9 Å². The van der Waals surface area contributed by atoms with E-state index < -0.39 is 58.9 Å². The summed E-state index contributed by atoms with van der Waals surface area (Å²) in [5.74, 6) is -3.16. The van der Waals surface area contributed by atoms with Crippen molar-refractivity contribution < 1.29 is 43.5 Å². The lowest BCUT2D eigenvalue weighted by atomic mass is 9.82. The van der Waals surface area contributed by atoms with E-state index in [0.717, 1.165) is 5.56 Å². The van der Waals surface area contributed by atoms with Crippen LogP contribution < -0.4 is 16.0 Å². The SMILES string of the molecule is CC(C)(C)c1cc(Br)cc(C(NC(=O)CCC(O)c2cc(O)cc(NC3=NCC(O)CN3)c2)[C@H](CC(O)C2=Nc3ccccc3C2=S(=O)=O)C(=O)O)c1. The lowest BCUT2D eigenvalue weighted by Gasteiger charge is -2.29. The first-order valence-corrected chi connectivity index (χ1v) is 18.8. The van der Waals surface area contributed by atoms with Gasteiger partial charge < -0.3 is 41.5 Å². The number of carboxylic acid groups (broad SMARTS) is 1. The van der Waals surface area contributed by atoms with Crippen molar-refractivity contribution in [2.45, 2.75) is 69.8 Å². The molecule has 282 valence electrons. The zero-order valence-corrected chi connectivity index (χ0v) is 31.6. The molecule has 0 bridgehead atoms. The number of halogens is 1. The van der Waals surface area contributed by atoms with Crippen molar-refractivity contribution in [1.29, 1.82) is 0 Å². The average molecular weight is 813 g/mol. The van der Waals surface area contributed by atoms with Gasteiger partial charge >= 0.3 is 5.97 Å². The van der Waals surface area contributed by atoms with Crippen LogP contribution in [0.5, 0.6) is 5.75 Å². The highest BCUT2D eigenvalue weighted by atomic mass is 79.9. The van der Waals surface area contributed by atoms with Crippen LogP contribution in [0.15, 0.2) is 75.1 Å². The van der Waals surface area contributed by atoms with Crippen molar-refractivity contribution >= 4 is 66.0 Å². The van der Waals surface area contributed by atoms with Gasteiger partial charge in [0.25, 0.3) is 0 Å². The van der Waals surface area contributed by atoms with E-state index in [1.807, 2.05) is 26.8 Å². The normalized spacial score (nSPS) is 17.7. The van der Waals surface area contributed by atoms with Crippen molar-refractivity contribution in [3.8, 4) is 5.75 Å². The van der Waals surface area contributed by atoms with E-state index in [1.165, 1.54) is 12.1 Å². The third kappa shape index (κ3) is 9.88. The number of carbonyl (C=O) groups is 2. The van der Waals surface area contributed by atoms with Crippen molar-refractivity contribution in [2.75, 3.05) is 18.4 Å². The minimum Gasteiger partial charge on any atom is -0.508 e. The number of nitrogens with one attached hydrogen (secondary N) is 3. The number of guanidine groups is 1. The maximum absolute atomic E-state index is 13.6. The number of benzene rings is 3. The Kier molecular flexibility index (Phi) is 12.4. The summed E-state index contributed by atoms with van der Waals surface area (Å²) in [6.07, 6.45) is -4.27. The Balaban J connectivity index is 1.39. The van der Waals surface area contributed by atoms with Crippen LogP contribution in [0.3, 0.4) is 0 Å². The molecule has 4 unspecified atom stereocenters. The minimum atomic E-state index is -2.79. The van der Waals surface area contributed by atoms with Gasteiger partial charge in [-0.3, -0.25) is 14.6 Å². The predicted octanol–water partition coefficient (Wildman–Crippen LogP) is 3.49. The number of hydrogen-bond acceptors (Lipinski definition) is 12. The zero-order valence-electron chi connectivity index (χ0n) is 29.2. The van der Waals surface area contributed by atoms with E-state index in [0.29, 0.717) is 45.0 Å². The zero-order chi connectivity index (χ0) is 38.6. The number of nitrogens with zero attached hydrogens (tertiary/aromatic N) is 2. The lowest BCUT2D eigenvalue weighted by molar-refractivity contribution is -0.144. The number of para-hydroxylation sites is 1. The summed E-state index contributed by atoms with van der Waals surface area (Å²) >= 11 is 3.51. The Labute approximate surface area is 316 Å². The van der Waals surface area contributed by atoms with Gasteiger partial charge in [-0.1, -0.05) is 61.0 Å².